The molecular formula is C10H11O4. The molecule has 1 atom stereocenters. The summed E-state index contributed by atoms with van der Waals surface area (Å²) in [7, 11) is 0. The van der Waals surface area contributed by atoms with Gasteiger partial charge in [0.2, 0.25) is 0 Å². The second-order valence-electron chi connectivity index (χ2n) is 2.77. The zero-order valence-electron chi connectivity index (χ0n) is 7.51. The summed E-state index contributed by atoms with van der Waals surface area (Å²) in [5, 5.41) is 18.0. The monoisotopic (exact) mass is 195 g/mol. The first kappa shape index (κ1) is 10.5. The third kappa shape index (κ3) is 2.74. The molecule has 0 amide bonds. The van der Waals surface area contributed by atoms with Crippen LogP contribution >= 0.6 is 0 Å². The van der Waals surface area contributed by atoms with E-state index in [-0.39, 0.29) is 17.9 Å². The smallest absolute Gasteiger partial charge is 0.342 e. The largest absolute Gasteiger partial charge is 0.507 e. The van der Waals surface area contributed by atoms with Crippen molar-refractivity contribution in [3.8, 4) is 5.75 Å². The summed E-state index contributed by atoms with van der Waals surface area (Å²) < 4.78 is 4.66. The van der Waals surface area contributed by atoms with Crippen molar-refractivity contribution < 1.29 is 19.7 Å². The topological polar surface area (TPSA) is 66.8 Å². The molecule has 4 nitrogen and oxygen atoms in total. The van der Waals surface area contributed by atoms with Gasteiger partial charge in [-0.3, -0.25) is 0 Å². The van der Waals surface area contributed by atoms with E-state index < -0.39 is 12.1 Å². The van der Waals surface area contributed by atoms with Gasteiger partial charge in [0.25, 0.3) is 0 Å². The average molecular weight is 195 g/mol. The van der Waals surface area contributed by atoms with Crippen molar-refractivity contribution in [3.05, 3.63) is 36.8 Å². The van der Waals surface area contributed by atoms with Gasteiger partial charge in [0.15, 0.2) is 0 Å². The second kappa shape index (κ2) is 4.62. The van der Waals surface area contributed by atoms with Crippen molar-refractivity contribution in [1.29, 1.82) is 0 Å². The molecule has 75 valence electrons. The van der Waals surface area contributed by atoms with E-state index in [4.69, 9.17) is 5.11 Å². The summed E-state index contributed by atoms with van der Waals surface area (Å²) in [6.07, 6.45) is -0.954. The van der Waals surface area contributed by atoms with Gasteiger partial charge >= 0.3 is 5.97 Å². The lowest BCUT2D eigenvalue weighted by molar-refractivity contribution is 0.0337. The molecule has 14 heavy (non-hydrogen) atoms. The van der Waals surface area contributed by atoms with Gasteiger partial charge in [-0.15, -0.1) is 0 Å². The Morgan fingerprint density at radius 2 is 2.14 bits per heavy atom. The number of phenols is 1. The number of aliphatic hydroxyl groups excluding tert-OH is 1. The van der Waals surface area contributed by atoms with Gasteiger partial charge in [-0.25, -0.2) is 4.79 Å². The number of rotatable bonds is 3. The fraction of sp³-hybridized carbons (Fsp3) is 0.200. The number of ether oxygens (including phenoxy) is 1. The van der Waals surface area contributed by atoms with E-state index in [0.29, 0.717) is 0 Å². The van der Waals surface area contributed by atoms with E-state index in [9.17, 15) is 9.90 Å². The Hall–Kier alpha value is -1.55. The van der Waals surface area contributed by atoms with E-state index in [1.54, 1.807) is 12.1 Å². The van der Waals surface area contributed by atoms with Crippen molar-refractivity contribution in [1.82, 2.24) is 0 Å². The van der Waals surface area contributed by atoms with Crippen LogP contribution in [0.25, 0.3) is 0 Å². The van der Waals surface area contributed by atoms with Crippen LogP contribution in [0.1, 0.15) is 10.4 Å². The molecule has 0 spiro atoms. The molecule has 0 saturated heterocycles. The zero-order valence-corrected chi connectivity index (χ0v) is 7.51. The summed E-state index contributed by atoms with van der Waals surface area (Å²) in [6.45, 7) is 3.06. The maximum atomic E-state index is 11.2. The normalized spacial score (nSPS) is 12.1. The molecule has 0 heterocycles. The Bertz CT molecular complexity index is 320. The number of esters is 1. The highest BCUT2D eigenvalue weighted by Crippen LogP contribution is 2.16. The maximum Gasteiger partial charge on any atom is 0.342 e. The number of carbonyl (C=O) groups is 1. The van der Waals surface area contributed by atoms with Gasteiger partial charge in [-0.2, -0.15) is 0 Å². The second-order valence-corrected chi connectivity index (χ2v) is 2.77. The number of para-hydroxylation sites is 1. The van der Waals surface area contributed by atoms with Crippen LogP contribution in [0.3, 0.4) is 0 Å². The lowest BCUT2D eigenvalue weighted by Gasteiger charge is -2.07. The maximum absolute atomic E-state index is 11.2. The summed E-state index contributed by atoms with van der Waals surface area (Å²) in [5.74, 6) is -0.818. The van der Waals surface area contributed by atoms with E-state index >= 15 is 0 Å². The molecule has 0 aliphatic carbocycles. The third-order valence-corrected chi connectivity index (χ3v) is 1.53. The molecule has 1 radical (unpaired) electrons. The van der Waals surface area contributed by atoms with Gasteiger partial charge in [0, 0.05) is 0 Å². The Morgan fingerprint density at radius 3 is 2.71 bits per heavy atom. The van der Waals surface area contributed by atoms with Crippen LogP contribution in [0.5, 0.6) is 5.75 Å². The fourth-order valence-corrected chi connectivity index (χ4v) is 0.896. The van der Waals surface area contributed by atoms with Gasteiger partial charge < -0.3 is 14.9 Å². The van der Waals surface area contributed by atoms with Crippen LogP contribution < -0.4 is 0 Å². The Balaban J connectivity index is 2.65. The van der Waals surface area contributed by atoms with Crippen LogP contribution in [0.4, 0.5) is 0 Å². The van der Waals surface area contributed by atoms with Gasteiger partial charge in [0.1, 0.15) is 17.9 Å². The summed E-state index contributed by atoms with van der Waals surface area (Å²) in [5.41, 5.74) is 0.0770. The first-order valence-corrected chi connectivity index (χ1v) is 4.07. The molecule has 4 heteroatoms. The zero-order chi connectivity index (χ0) is 10.6. The van der Waals surface area contributed by atoms with E-state index in [2.05, 4.69) is 11.7 Å². The van der Waals surface area contributed by atoms with Gasteiger partial charge in [-0.1, -0.05) is 12.1 Å². The molecule has 0 bridgehead atoms. The minimum atomic E-state index is -0.954. The van der Waals surface area contributed by atoms with Crippen LogP contribution in [0, 0.1) is 6.92 Å². The van der Waals surface area contributed by atoms with Crippen molar-refractivity contribution in [2.75, 3.05) is 6.61 Å². The Kier molecular flexibility index (Phi) is 3.48. The summed E-state index contributed by atoms with van der Waals surface area (Å²) in [4.78, 5) is 11.2. The Morgan fingerprint density at radius 1 is 1.50 bits per heavy atom. The van der Waals surface area contributed by atoms with Crippen LogP contribution in [0.2, 0.25) is 0 Å². The van der Waals surface area contributed by atoms with E-state index in [1.807, 2.05) is 0 Å². The molecule has 1 unspecified atom stereocenters. The SMILES string of the molecule is [CH2]C(O)COC(=O)c1ccccc1O. The first-order valence-electron chi connectivity index (χ1n) is 4.07. The standard InChI is InChI=1S/C10H11O4/c1-7(11)6-14-10(13)8-4-2-3-5-9(8)12/h2-5,7,11-12H,1,6H2. The lowest BCUT2D eigenvalue weighted by Crippen LogP contribution is -2.15. The molecule has 1 aromatic carbocycles. The summed E-state index contributed by atoms with van der Waals surface area (Å²) >= 11 is 0. The van der Waals surface area contributed by atoms with E-state index in [0.717, 1.165) is 0 Å². The third-order valence-electron chi connectivity index (χ3n) is 1.53. The quantitative estimate of drug-likeness (QED) is 0.698. The number of hydrogen-bond acceptors (Lipinski definition) is 4. The average Bonchev–Trinajstić information content (AvgIpc) is 2.15. The number of hydrogen-bond donors (Lipinski definition) is 2. The van der Waals surface area contributed by atoms with Crippen LogP contribution in [0.15, 0.2) is 24.3 Å². The number of phenolic OH excluding ortho intramolecular Hbond substituents is 1. The number of carbonyl (C=O) groups excluding carboxylic acids is 1. The molecule has 1 rings (SSSR count). The molecule has 0 fully saturated rings. The molecule has 2 N–H and O–H groups in total. The molecule has 0 saturated carbocycles. The predicted octanol–water partition coefficient (Wildman–Crippen LogP) is 0.744. The summed E-state index contributed by atoms with van der Waals surface area (Å²) in [6, 6.07) is 6.03. The molecule has 1 aromatic rings. The number of aliphatic hydroxyl groups is 1. The van der Waals surface area contributed by atoms with Crippen LogP contribution in [-0.2, 0) is 4.74 Å². The van der Waals surface area contributed by atoms with Crippen molar-refractivity contribution >= 4 is 5.97 Å². The first-order chi connectivity index (χ1) is 6.61. The van der Waals surface area contributed by atoms with Gasteiger partial charge in [0.05, 0.1) is 6.10 Å². The van der Waals surface area contributed by atoms with Crippen LogP contribution in [-0.4, -0.2) is 28.9 Å². The Labute approximate surface area is 81.8 Å². The van der Waals surface area contributed by atoms with Crippen molar-refractivity contribution in [2.45, 2.75) is 6.10 Å². The minimum Gasteiger partial charge on any atom is -0.507 e. The highest BCUT2D eigenvalue weighted by atomic mass is 16.5. The molecule has 0 aromatic heterocycles. The molecule has 0 aliphatic heterocycles. The fourth-order valence-electron chi connectivity index (χ4n) is 0.896. The van der Waals surface area contributed by atoms with Crippen molar-refractivity contribution in [3.63, 3.8) is 0 Å². The van der Waals surface area contributed by atoms with Crippen molar-refractivity contribution in [2.24, 2.45) is 0 Å². The van der Waals surface area contributed by atoms with Gasteiger partial charge in [-0.05, 0) is 19.1 Å². The lowest BCUT2D eigenvalue weighted by atomic mass is 10.2. The predicted molar refractivity (Wildman–Crippen MR) is 49.8 cm³/mol. The number of aromatic hydroxyl groups is 1. The minimum absolute atomic E-state index is 0.0770. The van der Waals surface area contributed by atoms with E-state index in [1.165, 1.54) is 12.1 Å². The highest BCUT2D eigenvalue weighted by molar-refractivity contribution is 5.92. The molecular weight excluding hydrogens is 184 g/mol. The number of benzene rings is 1. The molecule has 0 aliphatic rings. The highest BCUT2D eigenvalue weighted by Gasteiger charge is 2.12.